The Balaban J connectivity index is 2.20. The lowest BCUT2D eigenvalue weighted by Gasteiger charge is -2.16. The van der Waals surface area contributed by atoms with Crippen LogP contribution in [0.25, 0.3) is 0 Å². The summed E-state index contributed by atoms with van der Waals surface area (Å²) in [6.45, 7) is 1.82. The summed E-state index contributed by atoms with van der Waals surface area (Å²) in [5.74, 6) is -0.296. The molecule has 1 aliphatic carbocycles. The molecule has 1 saturated carbocycles. The van der Waals surface area contributed by atoms with Gasteiger partial charge in [-0.2, -0.15) is 0 Å². The van der Waals surface area contributed by atoms with Crippen LogP contribution in [0.15, 0.2) is 24.3 Å². The molecule has 0 nitrogen and oxygen atoms in total. The minimum Gasteiger partial charge on any atom is -0.247 e. The van der Waals surface area contributed by atoms with Gasteiger partial charge in [-0.25, -0.2) is 8.78 Å². The third kappa shape index (κ3) is 1.52. The molecule has 0 N–H and O–H groups in total. The number of halogens is 3. The van der Waals surface area contributed by atoms with Gasteiger partial charge in [0.15, 0.2) is 0 Å². The van der Waals surface area contributed by atoms with Gasteiger partial charge in [0.25, 0.3) is 0 Å². The van der Waals surface area contributed by atoms with E-state index in [0.717, 1.165) is 5.56 Å². The fraction of sp³-hybridized carbons (Fsp3) is 0.455. The third-order valence-corrected chi connectivity index (χ3v) is 3.67. The maximum atomic E-state index is 13.0. The molecule has 0 aromatic heterocycles. The molecular formula is C11H11ClF2. The standard InChI is InChI=1S/C11H11ClF2/c1-11(6-9(11)14)10(12)7-2-4-8(13)5-3-7/h2-5,9-10H,6H2,1H3. The second-order valence-corrected chi connectivity index (χ2v) is 4.53. The van der Waals surface area contributed by atoms with Crippen LogP contribution in [0.3, 0.4) is 0 Å². The van der Waals surface area contributed by atoms with Crippen LogP contribution in [0, 0.1) is 11.2 Å². The summed E-state index contributed by atoms with van der Waals surface area (Å²) < 4.78 is 25.6. The van der Waals surface area contributed by atoms with E-state index in [-0.39, 0.29) is 11.2 Å². The Morgan fingerprint density at radius 2 is 1.93 bits per heavy atom. The van der Waals surface area contributed by atoms with Crippen LogP contribution in [-0.4, -0.2) is 6.17 Å². The van der Waals surface area contributed by atoms with Crippen LogP contribution in [0.4, 0.5) is 8.78 Å². The minimum absolute atomic E-state index is 0.296. The zero-order valence-corrected chi connectivity index (χ0v) is 8.56. The average Bonchev–Trinajstić information content (AvgIpc) is 2.76. The first-order valence-electron chi connectivity index (χ1n) is 4.57. The van der Waals surface area contributed by atoms with Crippen LogP contribution < -0.4 is 0 Å². The summed E-state index contributed by atoms with van der Waals surface area (Å²) in [6.07, 6.45) is -0.325. The van der Waals surface area contributed by atoms with Gasteiger partial charge in [0.2, 0.25) is 0 Å². The predicted molar refractivity (Wildman–Crippen MR) is 52.6 cm³/mol. The van der Waals surface area contributed by atoms with E-state index in [1.54, 1.807) is 12.1 Å². The minimum atomic E-state index is -0.824. The summed E-state index contributed by atoms with van der Waals surface area (Å²) in [6, 6.07) is 5.93. The molecule has 3 atom stereocenters. The molecule has 3 heteroatoms. The SMILES string of the molecule is CC1(C(Cl)c2ccc(F)cc2)CC1F. The summed E-state index contributed by atoms with van der Waals surface area (Å²) in [4.78, 5) is 0. The van der Waals surface area contributed by atoms with Crippen molar-refractivity contribution in [2.75, 3.05) is 0 Å². The fourth-order valence-corrected chi connectivity index (χ4v) is 1.97. The van der Waals surface area contributed by atoms with Crippen molar-refractivity contribution in [2.24, 2.45) is 5.41 Å². The molecule has 0 amide bonds. The molecule has 0 saturated heterocycles. The van der Waals surface area contributed by atoms with Crippen molar-refractivity contribution in [3.05, 3.63) is 35.6 Å². The van der Waals surface area contributed by atoms with Crippen LogP contribution in [0.2, 0.25) is 0 Å². The van der Waals surface area contributed by atoms with Crippen molar-refractivity contribution in [3.8, 4) is 0 Å². The zero-order chi connectivity index (χ0) is 10.3. The Hall–Kier alpha value is -0.630. The van der Waals surface area contributed by atoms with Gasteiger partial charge in [-0.1, -0.05) is 19.1 Å². The van der Waals surface area contributed by atoms with Crippen molar-refractivity contribution in [2.45, 2.75) is 24.9 Å². The first-order chi connectivity index (χ1) is 6.54. The largest absolute Gasteiger partial charge is 0.247 e. The first kappa shape index (κ1) is 9.91. The second-order valence-electron chi connectivity index (χ2n) is 4.09. The number of hydrogen-bond donors (Lipinski definition) is 0. The van der Waals surface area contributed by atoms with E-state index in [2.05, 4.69) is 0 Å². The molecule has 1 aromatic carbocycles. The van der Waals surface area contributed by atoms with Gasteiger partial charge >= 0.3 is 0 Å². The molecule has 0 spiro atoms. The quantitative estimate of drug-likeness (QED) is 0.659. The highest BCUT2D eigenvalue weighted by Gasteiger charge is 2.56. The Morgan fingerprint density at radius 3 is 2.36 bits per heavy atom. The van der Waals surface area contributed by atoms with Gasteiger partial charge in [-0.15, -0.1) is 11.6 Å². The van der Waals surface area contributed by atoms with Gasteiger partial charge in [-0.05, 0) is 24.1 Å². The van der Waals surface area contributed by atoms with Gasteiger partial charge in [0.1, 0.15) is 12.0 Å². The van der Waals surface area contributed by atoms with Crippen LogP contribution in [0.5, 0.6) is 0 Å². The summed E-state index contributed by atoms with van der Waals surface area (Å²) >= 11 is 6.13. The van der Waals surface area contributed by atoms with Crippen LogP contribution in [0.1, 0.15) is 24.3 Å². The molecule has 2 rings (SSSR count). The van der Waals surface area contributed by atoms with Gasteiger partial charge in [0, 0.05) is 5.41 Å². The Bertz CT molecular complexity index is 336. The molecule has 0 bridgehead atoms. The van der Waals surface area contributed by atoms with E-state index in [0.29, 0.717) is 6.42 Å². The lowest BCUT2D eigenvalue weighted by Crippen LogP contribution is -2.07. The highest BCUT2D eigenvalue weighted by molar-refractivity contribution is 6.21. The van der Waals surface area contributed by atoms with Crippen molar-refractivity contribution >= 4 is 11.6 Å². The summed E-state index contributed by atoms with van der Waals surface area (Å²) in [5, 5.41) is -0.363. The van der Waals surface area contributed by atoms with E-state index in [4.69, 9.17) is 11.6 Å². The summed E-state index contributed by atoms with van der Waals surface area (Å²) in [5.41, 5.74) is 0.329. The molecule has 76 valence electrons. The Morgan fingerprint density at radius 1 is 1.43 bits per heavy atom. The maximum absolute atomic E-state index is 13.0. The first-order valence-corrected chi connectivity index (χ1v) is 5.01. The highest BCUT2D eigenvalue weighted by Crippen LogP contribution is 2.59. The van der Waals surface area contributed by atoms with E-state index in [1.807, 2.05) is 6.92 Å². The van der Waals surface area contributed by atoms with Crippen molar-refractivity contribution < 1.29 is 8.78 Å². The van der Waals surface area contributed by atoms with E-state index in [9.17, 15) is 8.78 Å². The molecule has 1 aromatic rings. The van der Waals surface area contributed by atoms with Gasteiger partial charge in [0.05, 0.1) is 5.38 Å². The molecule has 14 heavy (non-hydrogen) atoms. The zero-order valence-electron chi connectivity index (χ0n) is 7.81. The molecule has 0 aliphatic heterocycles. The molecule has 1 fully saturated rings. The topological polar surface area (TPSA) is 0 Å². The predicted octanol–water partition coefficient (Wildman–Crippen LogP) is 3.85. The van der Waals surface area contributed by atoms with E-state index < -0.39 is 11.6 Å². The monoisotopic (exact) mass is 216 g/mol. The lowest BCUT2D eigenvalue weighted by molar-refractivity contribution is 0.369. The van der Waals surface area contributed by atoms with E-state index >= 15 is 0 Å². The second kappa shape index (κ2) is 3.20. The van der Waals surface area contributed by atoms with E-state index in [1.165, 1.54) is 12.1 Å². The molecule has 3 unspecified atom stereocenters. The molecule has 0 radical (unpaired) electrons. The third-order valence-electron chi connectivity index (χ3n) is 2.92. The number of rotatable bonds is 2. The summed E-state index contributed by atoms with van der Waals surface area (Å²) in [7, 11) is 0. The van der Waals surface area contributed by atoms with Gasteiger partial charge in [-0.3, -0.25) is 0 Å². The van der Waals surface area contributed by atoms with Crippen molar-refractivity contribution in [1.82, 2.24) is 0 Å². The molecular weight excluding hydrogens is 206 g/mol. The van der Waals surface area contributed by atoms with Crippen molar-refractivity contribution in [3.63, 3.8) is 0 Å². The van der Waals surface area contributed by atoms with Crippen LogP contribution in [-0.2, 0) is 0 Å². The highest BCUT2D eigenvalue weighted by atomic mass is 35.5. The Labute approximate surface area is 86.9 Å². The van der Waals surface area contributed by atoms with Crippen LogP contribution >= 0.6 is 11.6 Å². The Kier molecular flexibility index (Phi) is 2.26. The maximum Gasteiger partial charge on any atom is 0.123 e. The normalized spacial score (nSPS) is 32.7. The molecule has 0 heterocycles. The van der Waals surface area contributed by atoms with Gasteiger partial charge < -0.3 is 0 Å². The van der Waals surface area contributed by atoms with Crippen molar-refractivity contribution in [1.29, 1.82) is 0 Å². The smallest absolute Gasteiger partial charge is 0.123 e. The lowest BCUT2D eigenvalue weighted by atomic mass is 9.98. The fourth-order valence-electron chi connectivity index (χ4n) is 1.60. The number of hydrogen-bond acceptors (Lipinski definition) is 0. The number of benzene rings is 1. The number of alkyl halides is 2. The molecule has 1 aliphatic rings. The average molecular weight is 217 g/mol.